The van der Waals surface area contributed by atoms with Crippen LogP contribution in [0.4, 0.5) is 0 Å². The summed E-state index contributed by atoms with van der Waals surface area (Å²) in [7, 11) is 0. The molecule has 0 bridgehead atoms. The number of aliphatic hydroxyl groups is 1. The second kappa shape index (κ2) is 5.92. The fourth-order valence-corrected chi connectivity index (χ4v) is 3.56. The smallest absolute Gasteiger partial charge is 0.0669 e. The molecule has 3 fully saturated rings. The number of hydrogen-bond donors (Lipinski definition) is 1. The Morgan fingerprint density at radius 2 is 1.39 bits per heavy atom. The fraction of sp³-hybridized carbons (Fsp3) is 1.00. The SMILES string of the molecule is OC(CC1CCCC1)CN(CC1CC1)CC1CC1. The normalized spacial score (nSPS) is 27.0. The average Bonchev–Trinajstić information content (AvgIpc) is 3.24. The molecule has 0 radical (unpaired) electrons. The van der Waals surface area contributed by atoms with Crippen LogP contribution in [-0.2, 0) is 0 Å². The second-order valence-corrected chi connectivity index (χ2v) is 7.15. The zero-order valence-electron chi connectivity index (χ0n) is 11.7. The van der Waals surface area contributed by atoms with E-state index in [0.29, 0.717) is 0 Å². The molecule has 0 spiro atoms. The molecule has 0 aromatic rings. The maximum atomic E-state index is 10.3. The van der Waals surface area contributed by atoms with Gasteiger partial charge in [0, 0.05) is 19.6 Å². The standard InChI is InChI=1S/C16H29NO/c18-16(9-13-3-1-2-4-13)12-17(10-14-5-6-14)11-15-7-8-15/h13-16,18H,1-12H2. The third-order valence-corrected chi connectivity index (χ3v) is 4.98. The lowest BCUT2D eigenvalue weighted by atomic mass is 9.99. The van der Waals surface area contributed by atoms with Crippen LogP contribution in [0.2, 0.25) is 0 Å². The maximum Gasteiger partial charge on any atom is 0.0669 e. The zero-order chi connectivity index (χ0) is 12.4. The predicted octanol–water partition coefficient (Wildman–Crippen LogP) is 3.05. The first-order valence-electron chi connectivity index (χ1n) is 8.20. The topological polar surface area (TPSA) is 23.5 Å². The van der Waals surface area contributed by atoms with E-state index in [1.54, 1.807) is 0 Å². The van der Waals surface area contributed by atoms with Crippen molar-refractivity contribution in [3.05, 3.63) is 0 Å². The van der Waals surface area contributed by atoms with Crippen molar-refractivity contribution in [2.75, 3.05) is 19.6 Å². The van der Waals surface area contributed by atoms with Crippen molar-refractivity contribution in [2.45, 2.75) is 63.9 Å². The van der Waals surface area contributed by atoms with E-state index in [4.69, 9.17) is 0 Å². The van der Waals surface area contributed by atoms with E-state index in [2.05, 4.69) is 4.90 Å². The third kappa shape index (κ3) is 4.24. The van der Waals surface area contributed by atoms with Gasteiger partial charge in [-0.1, -0.05) is 25.7 Å². The lowest BCUT2D eigenvalue weighted by molar-refractivity contribution is 0.0867. The summed E-state index contributed by atoms with van der Waals surface area (Å²) in [6, 6.07) is 0. The molecule has 0 aromatic heterocycles. The summed E-state index contributed by atoms with van der Waals surface area (Å²) in [5.41, 5.74) is 0. The van der Waals surface area contributed by atoms with Crippen molar-refractivity contribution < 1.29 is 5.11 Å². The summed E-state index contributed by atoms with van der Waals surface area (Å²) in [6.45, 7) is 3.47. The van der Waals surface area contributed by atoms with Gasteiger partial charge in [0.25, 0.3) is 0 Å². The summed E-state index contributed by atoms with van der Waals surface area (Å²) < 4.78 is 0. The van der Waals surface area contributed by atoms with Crippen LogP contribution in [0.3, 0.4) is 0 Å². The Morgan fingerprint density at radius 1 is 0.833 bits per heavy atom. The van der Waals surface area contributed by atoms with Crippen molar-refractivity contribution in [3.63, 3.8) is 0 Å². The van der Waals surface area contributed by atoms with Gasteiger partial charge in [0.2, 0.25) is 0 Å². The van der Waals surface area contributed by atoms with Gasteiger partial charge in [-0.2, -0.15) is 0 Å². The lowest BCUT2D eigenvalue weighted by Gasteiger charge is -2.26. The molecular formula is C16H29NO. The molecule has 1 unspecified atom stereocenters. The molecule has 2 heteroatoms. The third-order valence-electron chi connectivity index (χ3n) is 4.98. The molecule has 0 aliphatic heterocycles. The van der Waals surface area contributed by atoms with Crippen LogP contribution in [0, 0.1) is 17.8 Å². The monoisotopic (exact) mass is 251 g/mol. The second-order valence-electron chi connectivity index (χ2n) is 7.15. The number of aliphatic hydroxyl groups excluding tert-OH is 1. The average molecular weight is 251 g/mol. The highest BCUT2D eigenvalue weighted by Gasteiger charge is 2.30. The van der Waals surface area contributed by atoms with Crippen molar-refractivity contribution in [1.82, 2.24) is 4.90 Å². The van der Waals surface area contributed by atoms with Crippen molar-refractivity contribution in [3.8, 4) is 0 Å². The molecule has 3 aliphatic carbocycles. The molecule has 2 nitrogen and oxygen atoms in total. The Kier molecular flexibility index (Phi) is 4.25. The van der Waals surface area contributed by atoms with Gasteiger partial charge in [-0.15, -0.1) is 0 Å². The van der Waals surface area contributed by atoms with E-state index in [1.807, 2.05) is 0 Å². The summed E-state index contributed by atoms with van der Waals surface area (Å²) in [6.07, 6.45) is 12.2. The van der Waals surface area contributed by atoms with Crippen molar-refractivity contribution >= 4 is 0 Å². The Balaban J connectivity index is 1.40. The van der Waals surface area contributed by atoms with Crippen LogP contribution in [0.1, 0.15) is 57.8 Å². The van der Waals surface area contributed by atoms with Crippen LogP contribution < -0.4 is 0 Å². The van der Waals surface area contributed by atoms with E-state index in [1.165, 1.54) is 64.5 Å². The molecule has 0 heterocycles. The van der Waals surface area contributed by atoms with Gasteiger partial charge >= 0.3 is 0 Å². The number of rotatable bonds is 8. The van der Waals surface area contributed by atoms with E-state index in [0.717, 1.165) is 30.7 Å². The molecule has 18 heavy (non-hydrogen) atoms. The first-order chi connectivity index (χ1) is 8.79. The van der Waals surface area contributed by atoms with Gasteiger partial charge in [0.05, 0.1) is 6.10 Å². The van der Waals surface area contributed by atoms with E-state index in [-0.39, 0.29) is 6.10 Å². The molecule has 0 amide bonds. The van der Waals surface area contributed by atoms with E-state index >= 15 is 0 Å². The van der Waals surface area contributed by atoms with Gasteiger partial charge in [-0.05, 0) is 49.9 Å². The molecule has 3 saturated carbocycles. The largest absolute Gasteiger partial charge is 0.392 e. The highest BCUT2D eigenvalue weighted by molar-refractivity contribution is 4.84. The number of hydrogen-bond acceptors (Lipinski definition) is 2. The Labute approximate surface area is 112 Å². The molecule has 0 saturated heterocycles. The van der Waals surface area contributed by atoms with Crippen molar-refractivity contribution in [2.24, 2.45) is 17.8 Å². The van der Waals surface area contributed by atoms with Crippen LogP contribution in [-0.4, -0.2) is 35.7 Å². The molecular weight excluding hydrogens is 222 g/mol. The fourth-order valence-electron chi connectivity index (χ4n) is 3.56. The minimum Gasteiger partial charge on any atom is -0.392 e. The minimum atomic E-state index is -0.0643. The summed E-state index contributed by atoms with van der Waals surface area (Å²) >= 11 is 0. The minimum absolute atomic E-state index is 0.0643. The molecule has 104 valence electrons. The van der Waals surface area contributed by atoms with Gasteiger partial charge in [0.1, 0.15) is 0 Å². The van der Waals surface area contributed by atoms with Crippen molar-refractivity contribution in [1.29, 1.82) is 0 Å². The van der Waals surface area contributed by atoms with Gasteiger partial charge in [0.15, 0.2) is 0 Å². The van der Waals surface area contributed by atoms with E-state index < -0.39 is 0 Å². The predicted molar refractivity (Wildman–Crippen MR) is 74.5 cm³/mol. The summed E-state index contributed by atoms with van der Waals surface area (Å²) in [5, 5.41) is 10.3. The summed E-state index contributed by atoms with van der Waals surface area (Å²) in [4.78, 5) is 2.58. The van der Waals surface area contributed by atoms with Gasteiger partial charge < -0.3 is 10.0 Å². The molecule has 0 aromatic carbocycles. The van der Waals surface area contributed by atoms with Crippen LogP contribution in [0.25, 0.3) is 0 Å². The lowest BCUT2D eigenvalue weighted by Crippen LogP contribution is -2.36. The zero-order valence-corrected chi connectivity index (χ0v) is 11.7. The molecule has 1 atom stereocenters. The molecule has 3 rings (SSSR count). The molecule has 1 N–H and O–H groups in total. The quantitative estimate of drug-likeness (QED) is 0.717. The van der Waals surface area contributed by atoms with Crippen LogP contribution in [0.15, 0.2) is 0 Å². The maximum absolute atomic E-state index is 10.3. The van der Waals surface area contributed by atoms with Gasteiger partial charge in [-0.3, -0.25) is 0 Å². The Morgan fingerprint density at radius 3 is 1.89 bits per heavy atom. The van der Waals surface area contributed by atoms with Crippen LogP contribution >= 0.6 is 0 Å². The number of nitrogens with zero attached hydrogens (tertiary/aromatic N) is 1. The molecule has 3 aliphatic rings. The van der Waals surface area contributed by atoms with Crippen LogP contribution in [0.5, 0.6) is 0 Å². The highest BCUT2D eigenvalue weighted by Crippen LogP contribution is 2.34. The van der Waals surface area contributed by atoms with Gasteiger partial charge in [-0.25, -0.2) is 0 Å². The Hall–Kier alpha value is -0.0800. The summed E-state index contributed by atoms with van der Waals surface area (Å²) in [5.74, 6) is 2.74. The van der Waals surface area contributed by atoms with E-state index in [9.17, 15) is 5.11 Å². The first-order valence-corrected chi connectivity index (χ1v) is 8.20. The first kappa shape index (κ1) is 12.9. The highest BCUT2D eigenvalue weighted by atomic mass is 16.3. The Bertz CT molecular complexity index is 240.